The van der Waals surface area contributed by atoms with Gasteiger partial charge in [-0.3, -0.25) is 4.79 Å². The van der Waals surface area contributed by atoms with E-state index < -0.39 is 6.10 Å². The molecule has 5 atom stereocenters. The highest BCUT2D eigenvalue weighted by Crippen LogP contribution is 2.60. The highest BCUT2D eigenvalue weighted by molar-refractivity contribution is 5.69. The van der Waals surface area contributed by atoms with Gasteiger partial charge in [0.2, 0.25) is 0 Å². The van der Waals surface area contributed by atoms with Crippen LogP contribution in [0.4, 0.5) is 0 Å². The lowest BCUT2D eigenvalue weighted by molar-refractivity contribution is -0.131. The Morgan fingerprint density at radius 1 is 1.35 bits per heavy atom. The number of hydrogen-bond acceptors (Lipinski definition) is 3. The molecule has 1 N–H and O–H groups in total. The molecule has 4 unspecified atom stereocenters. The summed E-state index contributed by atoms with van der Waals surface area (Å²) in [6.07, 6.45) is 8.64. The zero-order valence-electron chi connectivity index (χ0n) is 13.8. The summed E-state index contributed by atoms with van der Waals surface area (Å²) in [5, 5.41) is 10.7. The number of esters is 1. The normalized spacial score (nSPS) is 37.7. The van der Waals surface area contributed by atoms with Crippen molar-refractivity contribution in [1.29, 1.82) is 0 Å². The van der Waals surface area contributed by atoms with Crippen LogP contribution in [0.5, 0.6) is 5.75 Å². The van der Waals surface area contributed by atoms with Crippen molar-refractivity contribution in [2.45, 2.75) is 51.6 Å². The maximum absolute atomic E-state index is 11.2. The average Bonchev–Trinajstić information content (AvgIpc) is 2.89. The van der Waals surface area contributed by atoms with Crippen molar-refractivity contribution in [1.82, 2.24) is 0 Å². The van der Waals surface area contributed by atoms with E-state index in [4.69, 9.17) is 4.74 Å². The van der Waals surface area contributed by atoms with Crippen LogP contribution in [-0.2, 0) is 4.79 Å². The maximum atomic E-state index is 11.2. The molecule has 3 nitrogen and oxygen atoms in total. The maximum Gasteiger partial charge on any atom is 0.308 e. The molecule has 0 amide bonds. The molecule has 1 aromatic rings. The van der Waals surface area contributed by atoms with Crippen LogP contribution in [0.15, 0.2) is 30.4 Å². The van der Waals surface area contributed by atoms with Gasteiger partial charge >= 0.3 is 5.97 Å². The zero-order chi connectivity index (χ0) is 16.2. The summed E-state index contributed by atoms with van der Waals surface area (Å²) in [7, 11) is 0. The zero-order valence-corrected chi connectivity index (χ0v) is 13.8. The minimum absolute atomic E-state index is 0.316. The summed E-state index contributed by atoms with van der Waals surface area (Å²) >= 11 is 0. The first-order valence-corrected chi connectivity index (χ1v) is 8.66. The number of rotatable bonds is 1. The van der Waals surface area contributed by atoms with Crippen LogP contribution in [0, 0.1) is 17.3 Å². The summed E-state index contributed by atoms with van der Waals surface area (Å²) in [5.41, 5.74) is 2.54. The van der Waals surface area contributed by atoms with Gasteiger partial charge < -0.3 is 9.84 Å². The van der Waals surface area contributed by atoms with E-state index in [1.54, 1.807) is 0 Å². The van der Waals surface area contributed by atoms with E-state index in [0.717, 1.165) is 18.4 Å². The molecule has 0 spiro atoms. The fourth-order valence-corrected chi connectivity index (χ4v) is 5.28. The van der Waals surface area contributed by atoms with Crippen molar-refractivity contribution >= 4 is 5.97 Å². The highest BCUT2D eigenvalue weighted by atomic mass is 16.5. The SMILES string of the molecule is CC(=O)Oc1ccc2c(c1)C(O)CC1C2CC[C@]2(C)C=CCC12. The van der Waals surface area contributed by atoms with E-state index in [1.807, 2.05) is 12.1 Å². The Hall–Kier alpha value is -1.61. The number of ether oxygens (including phenoxy) is 1. The molecule has 1 fully saturated rings. The van der Waals surface area contributed by atoms with Crippen molar-refractivity contribution in [3.05, 3.63) is 41.5 Å². The minimum Gasteiger partial charge on any atom is -0.427 e. The summed E-state index contributed by atoms with van der Waals surface area (Å²) in [6, 6.07) is 5.80. The quantitative estimate of drug-likeness (QED) is 0.482. The van der Waals surface area contributed by atoms with Gasteiger partial charge in [0.25, 0.3) is 0 Å². The molecule has 1 saturated carbocycles. The van der Waals surface area contributed by atoms with E-state index in [9.17, 15) is 9.90 Å². The molecule has 3 aliphatic carbocycles. The summed E-state index contributed by atoms with van der Waals surface area (Å²) in [4.78, 5) is 11.2. The van der Waals surface area contributed by atoms with Gasteiger partial charge in [0.05, 0.1) is 6.10 Å². The molecule has 23 heavy (non-hydrogen) atoms. The third-order valence-corrected chi connectivity index (χ3v) is 6.34. The monoisotopic (exact) mass is 312 g/mol. The van der Waals surface area contributed by atoms with Gasteiger partial charge in [0, 0.05) is 6.92 Å². The van der Waals surface area contributed by atoms with Gasteiger partial charge in [-0.05, 0) is 72.1 Å². The molecule has 4 rings (SSSR count). The van der Waals surface area contributed by atoms with Crippen molar-refractivity contribution in [3.63, 3.8) is 0 Å². The highest BCUT2D eigenvalue weighted by Gasteiger charge is 2.49. The Kier molecular flexibility index (Phi) is 3.38. The number of fused-ring (bicyclic) bond motifs is 5. The van der Waals surface area contributed by atoms with Crippen molar-refractivity contribution < 1.29 is 14.6 Å². The predicted molar refractivity (Wildman–Crippen MR) is 88.1 cm³/mol. The van der Waals surface area contributed by atoms with Crippen LogP contribution in [0.3, 0.4) is 0 Å². The van der Waals surface area contributed by atoms with Gasteiger partial charge in [0.1, 0.15) is 5.75 Å². The number of carbonyl (C=O) groups is 1. The second-order valence-electron chi connectivity index (χ2n) is 7.70. The van der Waals surface area contributed by atoms with Gasteiger partial charge in [0.15, 0.2) is 0 Å². The number of aliphatic hydroxyl groups is 1. The van der Waals surface area contributed by atoms with E-state index in [0.29, 0.717) is 28.9 Å². The van der Waals surface area contributed by atoms with Gasteiger partial charge in [-0.1, -0.05) is 25.1 Å². The second kappa shape index (κ2) is 5.20. The summed E-state index contributed by atoms with van der Waals surface area (Å²) < 4.78 is 5.19. The first-order chi connectivity index (χ1) is 11.0. The van der Waals surface area contributed by atoms with Crippen LogP contribution in [0.25, 0.3) is 0 Å². The number of hydrogen-bond donors (Lipinski definition) is 1. The van der Waals surface area contributed by atoms with Crippen LogP contribution < -0.4 is 4.74 Å². The molecule has 3 aliphatic rings. The van der Waals surface area contributed by atoms with Crippen LogP contribution >= 0.6 is 0 Å². The average molecular weight is 312 g/mol. The topological polar surface area (TPSA) is 46.5 Å². The lowest BCUT2D eigenvalue weighted by Gasteiger charge is -2.49. The summed E-state index contributed by atoms with van der Waals surface area (Å²) in [5.74, 6) is 1.94. The Morgan fingerprint density at radius 2 is 2.17 bits per heavy atom. The smallest absolute Gasteiger partial charge is 0.308 e. The molecule has 0 radical (unpaired) electrons. The Labute approximate surface area is 137 Å². The molecule has 1 aromatic carbocycles. The fourth-order valence-electron chi connectivity index (χ4n) is 5.28. The van der Waals surface area contributed by atoms with Crippen molar-refractivity contribution in [2.75, 3.05) is 0 Å². The van der Waals surface area contributed by atoms with E-state index in [1.165, 1.54) is 25.3 Å². The number of carbonyl (C=O) groups excluding carboxylic acids is 1. The van der Waals surface area contributed by atoms with Crippen LogP contribution in [-0.4, -0.2) is 11.1 Å². The fraction of sp³-hybridized carbons (Fsp3) is 0.550. The van der Waals surface area contributed by atoms with E-state index in [-0.39, 0.29) is 5.97 Å². The minimum atomic E-state index is -0.454. The number of aliphatic hydroxyl groups excluding tert-OH is 1. The molecule has 122 valence electrons. The molecule has 0 heterocycles. The van der Waals surface area contributed by atoms with Crippen molar-refractivity contribution in [3.8, 4) is 5.75 Å². The van der Waals surface area contributed by atoms with E-state index >= 15 is 0 Å². The Morgan fingerprint density at radius 3 is 2.96 bits per heavy atom. The molecule has 3 heteroatoms. The largest absolute Gasteiger partial charge is 0.427 e. The molecule has 0 aromatic heterocycles. The van der Waals surface area contributed by atoms with Crippen LogP contribution in [0.2, 0.25) is 0 Å². The standard InChI is InChI=1S/C20H24O3/c1-12(21)23-13-5-6-14-15-7-9-20(2)8-3-4-18(20)16(15)11-19(22)17(14)10-13/h3,5-6,8,10,15-16,18-19,22H,4,7,9,11H2,1-2H3/t15?,16?,18?,19?,20-/m0/s1. The second-order valence-corrected chi connectivity index (χ2v) is 7.70. The molecular weight excluding hydrogens is 288 g/mol. The third kappa shape index (κ3) is 2.33. The van der Waals surface area contributed by atoms with Gasteiger partial charge in [-0.15, -0.1) is 0 Å². The first-order valence-electron chi connectivity index (χ1n) is 8.66. The molecule has 0 aliphatic heterocycles. The summed E-state index contributed by atoms with van der Waals surface area (Å²) in [6.45, 7) is 3.78. The first kappa shape index (κ1) is 14.9. The molecule has 0 bridgehead atoms. The molecular formula is C20H24O3. The third-order valence-electron chi connectivity index (χ3n) is 6.34. The molecule has 0 saturated heterocycles. The van der Waals surface area contributed by atoms with Crippen molar-refractivity contribution in [2.24, 2.45) is 17.3 Å². The lowest BCUT2D eigenvalue weighted by Crippen LogP contribution is -2.40. The van der Waals surface area contributed by atoms with Gasteiger partial charge in [-0.2, -0.15) is 0 Å². The number of benzene rings is 1. The van der Waals surface area contributed by atoms with Gasteiger partial charge in [-0.25, -0.2) is 0 Å². The Bertz CT molecular complexity index is 677. The lowest BCUT2D eigenvalue weighted by atomic mass is 9.55. The Balaban J connectivity index is 1.69. The van der Waals surface area contributed by atoms with Crippen LogP contribution in [0.1, 0.15) is 62.7 Å². The predicted octanol–water partition coefficient (Wildman–Crippen LogP) is 4.13. The number of allylic oxidation sites excluding steroid dienone is 2. The van der Waals surface area contributed by atoms with E-state index in [2.05, 4.69) is 25.1 Å².